The maximum absolute atomic E-state index is 13.4. The van der Waals surface area contributed by atoms with Gasteiger partial charge in [-0.2, -0.15) is 0 Å². The maximum Gasteiger partial charge on any atom is 0.260 e. The van der Waals surface area contributed by atoms with Crippen molar-refractivity contribution >= 4 is 45.0 Å². The number of aryl methyl sites for hydroxylation is 2. The van der Waals surface area contributed by atoms with Gasteiger partial charge in [-0.1, -0.05) is 23.5 Å². The van der Waals surface area contributed by atoms with Gasteiger partial charge in [-0.15, -0.1) is 12.4 Å². The van der Waals surface area contributed by atoms with Crippen LogP contribution >= 0.6 is 23.7 Å². The molecule has 0 N–H and O–H groups in total. The monoisotopic (exact) mass is 442 g/mol. The van der Waals surface area contributed by atoms with Crippen LogP contribution in [-0.4, -0.2) is 34.1 Å². The number of hydrogen-bond donors (Lipinski definition) is 0. The Hall–Kier alpha value is -2.90. The van der Waals surface area contributed by atoms with E-state index in [2.05, 4.69) is 18.0 Å². The number of ether oxygens (including phenoxy) is 1. The molecule has 8 heteroatoms. The number of fused-ring (bicyclic) bond motifs is 1. The van der Waals surface area contributed by atoms with E-state index in [4.69, 9.17) is 9.72 Å². The number of amides is 1. The molecular formula is C22H23ClN4O2S. The number of methoxy groups -OCH3 is 1. The minimum atomic E-state index is -0.0784. The Labute approximate surface area is 185 Å². The van der Waals surface area contributed by atoms with Gasteiger partial charge in [0.1, 0.15) is 5.75 Å². The van der Waals surface area contributed by atoms with Crippen molar-refractivity contribution in [3.8, 4) is 5.75 Å². The van der Waals surface area contributed by atoms with Gasteiger partial charge < -0.3 is 9.30 Å². The van der Waals surface area contributed by atoms with Gasteiger partial charge in [0.05, 0.1) is 23.7 Å². The van der Waals surface area contributed by atoms with E-state index in [-0.39, 0.29) is 18.3 Å². The predicted octanol–water partition coefficient (Wildman–Crippen LogP) is 4.97. The molecule has 0 bridgehead atoms. The number of imidazole rings is 1. The number of hydrogen-bond acceptors (Lipinski definition) is 5. The number of aromatic nitrogens is 3. The highest BCUT2D eigenvalue weighted by atomic mass is 35.5. The molecule has 4 rings (SSSR count). The molecule has 0 unspecified atom stereocenters. The molecule has 0 radical (unpaired) electrons. The summed E-state index contributed by atoms with van der Waals surface area (Å²) in [5.41, 5.74) is 2.68. The lowest BCUT2D eigenvalue weighted by Crippen LogP contribution is -2.32. The van der Waals surface area contributed by atoms with Gasteiger partial charge in [0.2, 0.25) is 0 Å². The average molecular weight is 443 g/mol. The Morgan fingerprint density at radius 3 is 2.87 bits per heavy atom. The van der Waals surface area contributed by atoms with E-state index in [1.807, 2.05) is 41.1 Å². The van der Waals surface area contributed by atoms with Gasteiger partial charge in [-0.3, -0.25) is 9.69 Å². The van der Waals surface area contributed by atoms with Gasteiger partial charge in [0.25, 0.3) is 5.91 Å². The molecule has 0 atom stereocenters. The Balaban J connectivity index is 0.00000256. The summed E-state index contributed by atoms with van der Waals surface area (Å²) in [4.78, 5) is 23.9. The van der Waals surface area contributed by atoms with Gasteiger partial charge in [0, 0.05) is 31.0 Å². The molecule has 6 nitrogen and oxygen atoms in total. The summed E-state index contributed by atoms with van der Waals surface area (Å²) in [6.45, 7) is 3.40. The summed E-state index contributed by atoms with van der Waals surface area (Å²) in [5, 5.41) is 0.712. The second-order valence-corrected chi connectivity index (χ2v) is 7.82. The molecule has 0 aliphatic heterocycles. The molecule has 0 aliphatic rings. The molecule has 2 aromatic heterocycles. The molecule has 0 aliphatic carbocycles. The van der Waals surface area contributed by atoms with Crippen LogP contribution in [-0.2, 0) is 6.54 Å². The fourth-order valence-corrected chi connectivity index (χ4v) is 4.25. The predicted molar refractivity (Wildman–Crippen MR) is 123 cm³/mol. The zero-order chi connectivity index (χ0) is 20.2. The van der Waals surface area contributed by atoms with Gasteiger partial charge >= 0.3 is 0 Å². The number of halogens is 1. The SMILES string of the molecule is COc1cccc(C(=O)N(CCCn2ccnc2)c2nc3ccc(C)cc3s2)c1.Cl. The minimum Gasteiger partial charge on any atom is -0.497 e. The first-order chi connectivity index (χ1) is 14.1. The number of anilines is 1. The first-order valence-corrected chi connectivity index (χ1v) is 10.2. The summed E-state index contributed by atoms with van der Waals surface area (Å²) in [6, 6.07) is 13.4. The molecule has 156 valence electrons. The number of nitrogens with zero attached hydrogens (tertiary/aromatic N) is 4. The Morgan fingerprint density at radius 1 is 1.23 bits per heavy atom. The molecule has 2 heterocycles. The van der Waals surface area contributed by atoms with Crippen molar-refractivity contribution < 1.29 is 9.53 Å². The summed E-state index contributed by atoms with van der Waals surface area (Å²) >= 11 is 1.54. The Kier molecular flexibility index (Phi) is 7.07. The minimum absolute atomic E-state index is 0. The van der Waals surface area contributed by atoms with Gasteiger partial charge in [-0.05, 0) is 49.2 Å². The van der Waals surface area contributed by atoms with E-state index < -0.39 is 0 Å². The lowest BCUT2D eigenvalue weighted by molar-refractivity contribution is 0.0986. The zero-order valence-corrected chi connectivity index (χ0v) is 18.4. The normalized spacial score (nSPS) is 10.6. The van der Waals surface area contributed by atoms with E-state index in [1.165, 1.54) is 5.56 Å². The second kappa shape index (κ2) is 9.73. The molecule has 4 aromatic rings. The fourth-order valence-electron chi connectivity index (χ4n) is 3.16. The van der Waals surface area contributed by atoms with Crippen LogP contribution in [0.25, 0.3) is 10.2 Å². The molecule has 2 aromatic carbocycles. The number of carbonyl (C=O) groups is 1. The summed E-state index contributed by atoms with van der Waals surface area (Å²) in [5.74, 6) is 0.583. The maximum atomic E-state index is 13.4. The van der Waals surface area contributed by atoms with E-state index in [0.29, 0.717) is 23.0 Å². The molecule has 1 amide bonds. The van der Waals surface area contributed by atoms with Crippen LogP contribution in [0, 0.1) is 6.92 Å². The van der Waals surface area contributed by atoms with Crippen molar-refractivity contribution in [1.29, 1.82) is 0 Å². The molecule has 0 saturated carbocycles. The van der Waals surface area contributed by atoms with E-state index in [1.54, 1.807) is 41.9 Å². The summed E-state index contributed by atoms with van der Waals surface area (Å²) in [6.07, 6.45) is 6.26. The second-order valence-electron chi connectivity index (χ2n) is 6.81. The highest BCUT2D eigenvalue weighted by molar-refractivity contribution is 7.22. The van der Waals surface area contributed by atoms with Gasteiger partial charge in [-0.25, -0.2) is 9.97 Å². The number of benzene rings is 2. The van der Waals surface area contributed by atoms with Crippen molar-refractivity contribution in [1.82, 2.24) is 14.5 Å². The summed E-state index contributed by atoms with van der Waals surface area (Å²) in [7, 11) is 1.60. The van der Waals surface area contributed by atoms with Crippen LogP contribution in [0.5, 0.6) is 5.75 Å². The molecular weight excluding hydrogens is 420 g/mol. The first kappa shape index (κ1) is 21.8. The van der Waals surface area contributed by atoms with Crippen LogP contribution in [0.2, 0.25) is 0 Å². The van der Waals surface area contributed by atoms with Crippen LogP contribution in [0.4, 0.5) is 5.13 Å². The highest BCUT2D eigenvalue weighted by Crippen LogP contribution is 2.31. The van der Waals surface area contributed by atoms with E-state index in [9.17, 15) is 4.79 Å². The third-order valence-corrected chi connectivity index (χ3v) is 5.72. The smallest absolute Gasteiger partial charge is 0.260 e. The van der Waals surface area contributed by atoms with Gasteiger partial charge in [0.15, 0.2) is 5.13 Å². The lowest BCUT2D eigenvalue weighted by Gasteiger charge is -2.20. The van der Waals surface area contributed by atoms with Crippen molar-refractivity contribution in [2.75, 3.05) is 18.6 Å². The van der Waals surface area contributed by atoms with E-state index in [0.717, 1.165) is 23.2 Å². The van der Waals surface area contributed by atoms with Crippen LogP contribution in [0.15, 0.2) is 61.2 Å². The first-order valence-electron chi connectivity index (χ1n) is 9.43. The lowest BCUT2D eigenvalue weighted by atomic mass is 10.2. The van der Waals surface area contributed by atoms with Crippen molar-refractivity contribution in [3.05, 3.63) is 72.3 Å². The fraction of sp³-hybridized carbons (Fsp3) is 0.227. The molecule has 0 fully saturated rings. The van der Waals surface area contributed by atoms with Crippen LogP contribution in [0.1, 0.15) is 22.3 Å². The Morgan fingerprint density at radius 2 is 2.10 bits per heavy atom. The standard InChI is InChI=1S/C22H22N4O2S.ClH/c1-16-7-8-19-20(13-16)29-22(24-19)26(11-4-10-25-12-9-23-15-25)21(27)17-5-3-6-18(14-17)28-2;/h3,5-9,12-15H,4,10-11H2,1-2H3;1H. The number of carbonyl (C=O) groups excluding carboxylic acids is 1. The van der Waals surface area contributed by atoms with Crippen molar-refractivity contribution in [2.24, 2.45) is 0 Å². The quantitative estimate of drug-likeness (QED) is 0.405. The molecule has 0 saturated heterocycles. The third kappa shape index (κ3) is 4.80. The average Bonchev–Trinajstić information content (AvgIpc) is 3.40. The molecule has 0 spiro atoms. The van der Waals surface area contributed by atoms with Crippen LogP contribution in [0.3, 0.4) is 0 Å². The number of thiazole rings is 1. The topological polar surface area (TPSA) is 60.2 Å². The highest BCUT2D eigenvalue weighted by Gasteiger charge is 2.21. The largest absolute Gasteiger partial charge is 0.497 e. The molecule has 30 heavy (non-hydrogen) atoms. The van der Waals surface area contributed by atoms with E-state index >= 15 is 0 Å². The Bertz CT molecular complexity index is 1130. The van der Waals surface area contributed by atoms with Crippen LogP contribution < -0.4 is 9.64 Å². The zero-order valence-electron chi connectivity index (χ0n) is 16.8. The number of rotatable bonds is 7. The summed E-state index contributed by atoms with van der Waals surface area (Å²) < 4.78 is 8.38. The van der Waals surface area contributed by atoms with Crippen molar-refractivity contribution in [2.45, 2.75) is 19.9 Å². The third-order valence-electron chi connectivity index (χ3n) is 4.68. The van der Waals surface area contributed by atoms with Crippen molar-refractivity contribution in [3.63, 3.8) is 0 Å².